The van der Waals surface area contributed by atoms with E-state index < -0.39 is 27.5 Å². The van der Waals surface area contributed by atoms with E-state index in [1.165, 1.54) is 58.3 Å². The van der Waals surface area contributed by atoms with E-state index in [1.807, 2.05) is 0 Å². The van der Waals surface area contributed by atoms with Crippen LogP contribution in [0.5, 0.6) is 0 Å². The van der Waals surface area contributed by atoms with Crippen molar-refractivity contribution in [3.8, 4) is 0 Å². The van der Waals surface area contributed by atoms with Crippen molar-refractivity contribution in [1.82, 2.24) is 5.32 Å². The molecule has 0 aromatic rings. The number of carbonyl (C=O) groups is 1. The number of nitrogens with one attached hydrogen (secondary N) is 1. The molecule has 0 rings (SSSR count). The molecule has 0 spiro atoms. The van der Waals surface area contributed by atoms with Gasteiger partial charge in [0.15, 0.2) is 5.25 Å². The van der Waals surface area contributed by atoms with Gasteiger partial charge in [0, 0.05) is 0 Å². The van der Waals surface area contributed by atoms with Crippen LogP contribution >= 0.6 is 0 Å². The van der Waals surface area contributed by atoms with E-state index in [0.717, 1.165) is 19.3 Å². The van der Waals surface area contributed by atoms with Crippen LogP contribution < -0.4 is 5.32 Å². The van der Waals surface area contributed by atoms with Crippen molar-refractivity contribution in [2.45, 2.75) is 109 Å². The molecule has 0 aliphatic rings. The summed E-state index contributed by atoms with van der Waals surface area (Å²) in [7, 11) is -4.45. The quantitative estimate of drug-likeness (QED) is 0.159. The summed E-state index contributed by atoms with van der Waals surface area (Å²) in [6.07, 6.45) is 12.8. The van der Waals surface area contributed by atoms with E-state index in [2.05, 4.69) is 12.2 Å². The molecule has 0 aromatic carbocycles. The zero-order chi connectivity index (χ0) is 19.1. The predicted octanol–water partition coefficient (Wildman–Crippen LogP) is 3.14. The maximum absolute atomic E-state index is 11.7. The minimum absolute atomic E-state index is 0. The molecule has 26 heavy (non-hydrogen) atoms. The van der Waals surface area contributed by atoms with Crippen LogP contribution in [-0.2, 0) is 14.9 Å². The van der Waals surface area contributed by atoms with Crippen LogP contribution in [0.15, 0.2) is 0 Å². The van der Waals surface area contributed by atoms with Crippen LogP contribution in [0.4, 0.5) is 0 Å². The molecule has 0 saturated carbocycles. The van der Waals surface area contributed by atoms with Gasteiger partial charge in [-0.2, -0.15) is 8.42 Å². The first-order valence-corrected chi connectivity index (χ1v) is 11.2. The van der Waals surface area contributed by atoms with Gasteiger partial charge in [-0.15, -0.1) is 0 Å². The molecule has 3 N–H and O–H groups in total. The van der Waals surface area contributed by atoms with Gasteiger partial charge in [-0.25, -0.2) is 0 Å². The molecule has 0 aromatic heterocycles. The van der Waals surface area contributed by atoms with Gasteiger partial charge in [-0.3, -0.25) is 9.35 Å². The zero-order valence-corrected chi connectivity index (χ0v) is 16.7. The summed E-state index contributed by atoms with van der Waals surface area (Å²) >= 11 is 0. The molecule has 0 bridgehead atoms. The zero-order valence-electron chi connectivity index (χ0n) is 15.9. The van der Waals surface area contributed by atoms with E-state index >= 15 is 0 Å². The monoisotopic (exact) mass is 403 g/mol. The standard InChI is InChI=1S/C18H37NO5S.Na.H/c1-3-4-5-6-7-8-9-10-11-12-13-14-15-17(25(22,23)24)18(21)19-16(2)20;;/h16-17,20H,3-15H2,1-2H3,(H,19,21)(H,22,23,24);;. The fourth-order valence-corrected chi connectivity index (χ4v) is 3.69. The number of unbranched alkanes of at least 4 members (excludes halogenated alkanes) is 11. The topological polar surface area (TPSA) is 104 Å². The molecule has 0 radical (unpaired) electrons. The number of carbonyl (C=O) groups excluding carboxylic acids is 1. The molecule has 8 heteroatoms. The number of hydrogen-bond donors (Lipinski definition) is 3. The van der Waals surface area contributed by atoms with Crippen molar-refractivity contribution in [1.29, 1.82) is 0 Å². The molecule has 0 saturated heterocycles. The Balaban J connectivity index is 0. The average molecular weight is 404 g/mol. The SMILES string of the molecule is CCCCCCCCCCCCCCC(C(=O)NC(C)O)S(=O)(=O)O.[NaH]. The molecule has 2 unspecified atom stereocenters. The second-order valence-electron chi connectivity index (χ2n) is 6.87. The van der Waals surface area contributed by atoms with E-state index in [-0.39, 0.29) is 36.0 Å². The van der Waals surface area contributed by atoms with Crippen LogP contribution in [0.2, 0.25) is 0 Å². The predicted molar refractivity (Wildman–Crippen MR) is 108 cm³/mol. The fourth-order valence-electron chi connectivity index (χ4n) is 2.88. The minimum atomic E-state index is -4.45. The van der Waals surface area contributed by atoms with Crippen molar-refractivity contribution in [2.24, 2.45) is 0 Å². The number of rotatable bonds is 16. The molecular weight excluding hydrogens is 365 g/mol. The Morgan fingerprint density at radius 3 is 1.62 bits per heavy atom. The molecule has 0 fully saturated rings. The van der Waals surface area contributed by atoms with Gasteiger partial charge in [0.2, 0.25) is 5.91 Å². The molecule has 0 aliphatic heterocycles. The van der Waals surface area contributed by atoms with Crippen LogP contribution in [-0.4, -0.2) is 65.0 Å². The number of amides is 1. The Labute approximate surface area is 181 Å². The Morgan fingerprint density at radius 2 is 1.27 bits per heavy atom. The van der Waals surface area contributed by atoms with Crippen LogP contribution in [0.1, 0.15) is 97.3 Å². The summed E-state index contributed by atoms with van der Waals surface area (Å²) in [5.41, 5.74) is 0. The number of aliphatic hydroxyl groups excluding tert-OH is 1. The molecular formula is C18H38NNaO5S. The summed E-state index contributed by atoms with van der Waals surface area (Å²) < 4.78 is 31.8. The molecule has 2 atom stereocenters. The van der Waals surface area contributed by atoms with Crippen LogP contribution in [0, 0.1) is 0 Å². The first-order chi connectivity index (χ1) is 11.8. The second kappa shape index (κ2) is 17.4. The summed E-state index contributed by atoms with van der Waals surface area (Å²) in [4.78, 5) is 11.7. The summed E-state index contributed by atoms with van der Waals surface area (Å²) in [6, 6.07) is 0. The van der Waals surface area contributed by atoms with Crippen LogP contribution in [0.25, 0.3) is 0 Å². The Bertz CT molecular complexity index is 443. The van der Waals surface area contributed by atoms with E-state index in [1.54, 1.807) is 0 Å². The first kappa shape index (κ1) is 28.5. The summed E-state index contributed by atoms with van der Waals surface area (Å²) in [5.74, 6) is -0.847. The van der Waals surface area contributed by atoms with Gasteiger partial charge < -0.3 is 10.4 Å². The summed E-state index contributed by atoms with van der Waals surface area (Å²) in [6.45, 7) is 3.54. The molecule has 0 aliphatic carbocycles. The Kier molecular flexibility index (Phi) is 19.1. The Hall–Kier alpha value is 0.340. The van der Waals surface area contributed by atoms with Crippen molar-refractivity contribution < 1.29 is 22.9 Å². The third-order valence-electron chi connectivity index (χ3n) is 4.32. The van der Waals surface area contributed by atoms with E-state index in [9.17, 15) is 13.2 Å². The molecule has 0 heterocycles. The van der Waals surface area contributed by atoms with Crippen molar-refractivity contribution in [2.75, 3.05) is 0 Å². The first-order valence-electron chi connectivity index (χ1n) is 9.73. The fraction of sp³-hybridized carbons (Fsp3) is 0.944. The number of aliphatic hydroxyl groups is 1. The van der Waals surface area contributed by atoms with Gasteiger partial charge in [-0.1, -0.05) is 84.0 Å². The van der Waals surface area contributed by atoms with E-state index in [4.69, 9.17) is 9.66 Å². The second-order valence-corrected chi connectivity index (χ2v) is 8.46. The van der Waals surface area contributed by atoms with Gasteiger partial charge in [0.25, 0.3) is 10.1 Å². The molecule has 6 nitrogen and oxygen atoms in total. The van der Waals surface area contributed by atoms with Crippen molar-refractivity contribution in [3.63, 3.8) is 0 Å². The average Bonchev–Trinajstić information content (AvgIpc) is 2.49. The molecule has 1 amide bonds. The van der Waals surface area contributed by atoms with Gasteiger partial charge >= 0.3 is 29.6 Å². The van der Waals surface area contributed by atoms with Gasteiger partial charge in [-0.05, 0) is 13.3 Å². The van der Waals surface area contributed by atoms with Gasteiger partial charge in [0.05, 0.1) is 0 Å². The van der Waals surface area contributed by atoms with Crippen LogP contribution in [0.3, 0.4) is 0 Å². The molecule has 152 valence electrons. The maximum atomic E-state index is 11.7. The van der Waals surface area contributed by atoms with Crippen molar-refractivity contribution in [3.05, 3.63) is 0 Å². The third kappa shape index (κ3) is 16.5. The number of hydrogen-bond acceptors (Lipinski definition) is 4. The Morgan fingerprint density at radius 1 is 0.885 bits per heavy atom. The van der Waals surface area contributed by atoms with E-state index in [0.29, 0.717) is 6.42 Å². The van der Waals surface area contributed by atoms with Gasteiger partial charge in [0.1, 0.15) is 6.23 Å². The normalized spacial score (nSPS) is 13.7. The van der Waals surface area contributed by atoms with Crippen molar-refractivity contribution >= 4 is 45.6 Å². The summed E-state index contributed by atoms with van der Waals surface area (Å²) in [5, 5.41) is 9.73. The third-order valence-corrected chi connectivity index (χ3v) is 5.49.